The minimum atomic E-state index is -0.873. The smallest absolute Gasteiger partial charge is 0.220 e. The van der Waals surface area contributed by atoms with Crippen LogP contribution in [0.25, 0.3) is 0 Å². The molecule has 4 nitrogen and oxygen atoms in total. The van der Waals surface area contributed by atoms with E-state index in [2.05, 4.69) is 153 Å². The van der Waals surface area contributed by atoms with Crippen LogP contribution in [-0.2, 0) is 4.79 Å². The van der Waals surface area contributed by atoms with E-state index in [0.29, 0.717) is 6.42 Å². The van der Waals surface area contributed by atoms with Gasteiger partial charge in [-0.1, -0.05) is 217 Å². The molecule has 3 N–H and O–H groups in total. The summed E-state index contributed by atoms with van der Waals surface area (Å²) in [5, 5.41) is 22.9. The molecule has 0 rings (SSSR count). The van der Waals surface area contributed by atoms with Crippen molar-refractivity contribution in [1.29, 1.82) is 0 Å². The molecule has 0 saturated heterocycles. The summed E-state index contributed by atoms with van der Waals surface area (Å²) in [7, 11) is 0. The van der Waals surface area contributed by atoms with Crippen LogP contribution in [-0.4, -0.2) is 34.9 Å². The van der Waals surface area contributed by atoms with Crippen molar-refractivity contribution in [3.8, 4) is 0 Å². The molecule has 1 amide bonds. The highest BCUT2D eigenvalue weighted by molar-refractivity contribution is 5.76. The molecular formula is C57H91NO3. The highest BCUT2D eigenvalue weighted by Gasteiger charge is 2.17. The van der Waals surface area contributed by atoms with Crippen LogP contribution in [0, 0.1) is 0 Å². The number of allylic oxidation sites excluding steroid dienone is 23. The fourth-order valence-electron chi connectivity index (χ4n) is 6.34. The number of aliphatic hydroxyl groups is 2. The van der Waals surface area contributed by atoms with E-state index in [-0.39, 0.29) is 12.5 Å². The lowest BCUT2D eigenvalue weighted by molar-refractivity contribution is -0.123. The average Bonchev–Trinajstić information content (AvgIpc) is 3.26. The summed E-state index contributed by atoms with van der Waals surface area (Å²) in [5.74, 6) is -0.0924. The Hall–Kier alpha value is -3.73. The number of carbonyl (C=O) groups excluding carboxylic acids is 1. The van der Waals surface area contributed by atoms with E-state index in [0.717, 1.165) is 109 Å². The fourth-order valence-corrected chi connectivity index (χ4v) is 6.34. The van der Waals surface area contributed by atoms with Crippen LogP contribution in [0.3, 0.4) is 0 Å². The van der Waals surface area contributed by atoms with Crippen molar-refractivity contribution >= 4 is 5.91 Å². The molecule has 0 aliphatic carbocycles. The van der Waals surface area contributed by atoms with Crippen LogP contribution in [0.1, 0.15) is 187 Å². The van der Waals surface area contributed by atoms with Crippen LogP contribution in [0.5, 0.6) is 0 Å². The Morgan fingerprint density at radius 2 is 0.738 bits per heavy atom. The number of hydrogen-bond donors (Lipinski definition) is 3. The Bertz CT molecular complexity index is 1320. The molecule has 0 aliphatic heterocycles. The standard InChI is InChI=1S/C57H91NO3/c1-3-5-7-9-11-13-15-16-17-18-19-20-21-22-23-24-25-26-27-28-29-30-31-32-33-34-35-36-37-38-39-40-41-42-43-45-47-49-51-53-57(61)58-55(54-59)56(60)52-50-48-46-44-14-12-10-8-6-4-2/h5,7,11,13-14,16-17,19-20,22-23,25-26,28-29,31-32,34-35,37-38,44,50,52,55-56,59-60H,3-4,6,8-10,12,15,18,21,24,27,30,33,36,39-43,45-49,51,53-54H2,1-2H3,(H,58,61)/b7-5-,13-11-,17-16-,20-19-,23-22-,26-25-,29-28-,32-31-,35-34-,38-37-,44-14+,52-50+. The molecular weight excluding hydrogens is 747 g/mol. The lowest BCUT2D eigenvalue weighted by atomic mass is 10.1. The van der Waals surface area contributed by atoms with E-state index < -0.39 is 12.1 Å². The second-order valence-electron chi connectivity index (χ2n) is 15.8. The van der Waals surface area contributed by atoms with Gasteiger partial charge in [0.2, 0.25) is 5.91 Å². The van der Waals surface area contributed by atoms with Gasteiger partial charge in [-0.2, -0.15) is 0 Å². The maximum Gasteiger partial charge on any atom is 0.220 e. The van der Waals surface area contributed by atoms with E-state index in [9.17, 15) is 15.0 Å². The molecule has 0 aromatic heterocycles. The van der Waals surface area contributed by atoms with Gasteiger partial charge in [-0.05, 0) is 109 Å². The summed E-state index contributed by atoms with van der Waals surface area (Å²) >= 11 is 0. The monoisotopic (exact) mass is 838 g/mol. The zero-order valence-corrected chi connectivity index (χ0v) is 39.1. The van der Waals surface area contributed by atoms with Crippen LogP contribution >= 0.6 is 0 Å². The summed E-state index contributed by atoms with van der Waals surface area (Å²) in [6.45, 7) is 4.12. The molecule has 0 fully saturated rings. The van der Waals surface area contributed by atoms with Crippen LogP contribution < -0.4 is 5.32 Å². The lowest BCUT2D eigenvalue weighted by Crippen LogP contribution is -2.45. The molecule has 61 heavy (non-hydrogen) atoms. The maximum atomic E-state index is 12.4. The third-order valence-corrected chi connectivity index (χ3v) is 10.1. The van der Waals surface area contributed by atoms with Crippen LogP contribution in [0.4, 0.5) is 0 Å². The number of amides is 1. The third-order valence-electron chi connectivity index (χ3n) is 10.1. The van der Waals surface area contributed by atoms with Gasteiger partial charge < -0.3 is 15.5 Å². The van der Waals surface area contributed by atoms with Crippen molar-refractivity contribution in [2.75, 3.05) is 6.61 Å². The van der Waals surface area contributed by atoms with Crippen molar-refractivity contribution < 1.29 is 15.0 Å². The first-order chi connectivity index (χ1) is 30.2. The van der Waals surface area contributed by atoms with Gasteiger partial charge in [0, 0.05) is 6.42 Å². The quantitative estimate of drug-likeness (QED) is 0.0424. The van der Waals surface area contributed by atoms with E-state index >= 15 is 0 Å². The highest BCUT2D eigenvalue weighted by atomic mass is 16.3. The summed E-state index contributed by atoms with van der Waals surface area (Å²) in [6, 6.07) is -0.652. The highest BCUT2D eigenvalue weighted by Crippen LogP contribution is 2.12. The molecule has 4 heteroatoms. The van der Waals surface area contributed by atoms with Gasteiger partial charge in [-0.15, -0.1) is 0 Å². The third kappa shape index (κ3) is 47.2. The zero-order valence-electron chi connectivity index (χ0n) is 39.1. The molecule has 2 atom stereocenters. The van der Waals surface area contributed by atoms with Gasteiger partial charge in [0.25, 0.3) is 0 Å². The second kappa shape index (κ2) is 50.6. The van der Waals surface area contributed by atoms with Gasteiger partial charge in [0.15, 0.2) is 0 Å². The topological polar surface area (TPSA) is 69.6 Å². The Balaban J connectivity index is 3.67. The minimum absolute atomic E-state index is 0.0924. The number of aliphatic hydroxyl groups excluding tert-OH is 2. The van der Waals surface area contributed by atoms with Crippen LogP contribution in [0.2, 0.25) is 0 Å². The first-order valence-corrected chi connectivity index (χ1v) is 24.5. The summed E-state index contributed by atoms with van der Waals surface area (Å²) in [6.07, 6.45) is 81.2. The molecule has 0 spiro atoms. The Labute approximate surface area is 376 Å². The number of carbonyl (C=O) groups is 1. The molecule has 0 saturated carbocycles. The van der Waals surface area contributed by atoms with Gasteiger partial charge >= 0.3 is 0 Å². The predicted molar refractivity (Wildman–Crippen MR) is 271 cm³/mol. The first-order valence-electron chi connectivity index (χ1n) is 24.5. The van der Waals surface area contributed by atoms with E-state index in [1.165, 1.54) is 57.8 Å². The Morgan fingerprint density at radius 1 is 0.410 bits per heavy atom. The zero-order chi connectivity index (χ0) is 44.2. The molecule has 0 aliphatic rings. The molecule has 0 aromatic carbocycles. The maximum absolute atomic E-state index is 12.4. The minimum Gasteiger partial charge on any atom is -0.394 e. The molecule has 0 aromatic rings. The van der Waals surface area contributed by atoms with Gasteiger partial charge in [0.05, 0.1) is 18.8 Å². The van der Waals surface area contributed by atoms with Crippen molar-refractivity contribution in [3.05, 3.63) is 146 Å². The molecule has 0 heterocycles. The van der Waals surface area contributed by atoms with Crippen LogP contribution in [0.15, 0.2) is 146 Å². The second-order valence-corrected chi connectivity index (χ2v) is 15.8. The fraction of sp³-hybridized carbons (Fsp3) is 0.561. The lowest BCUT2D eigenvalue weighted by Gasteiger charge is -2.19. The van der Waals surface area contributed by atoms with E-state index in [1.807, 2.05) is 6.08 Å². The van der Waals surface area contributed by atoms with Crippen molar-refractivity contribution in [1.82, 2.24) is 5.32 Å². The number of unbranched alkanes of at least 4 members (excludes halogenated alkanes) is 13. The largest absolute Gasteiger partial charge is 0.394 e. The molecule has 342 valence electrons. The predicted octanol–water partition coefficient (Wildman–Crippen LogP) is 16.1. The number of hydrogen-bond acceptors (Lipinski definition) is 3. The molecule has 2 unspecified atom stereocenters. The molecule has 0 bridgehead atoms. The van der Waals surface area contributed by atoms with E-state index in [1.54, 1.807) is 6.08 Å². The van der Waals surface area contributed by atoms with Crippen molar-refractivity contribution in [2.24, 2.45) is 0 Å². The number of rotatable bonds is 42. The first kappa shape index (κ1) is 57.3. The van der Waals surface area contributed by atoms with Gasteiger partial charge in [-0.3, -0.25) is 4.79 Å². The summed E-state index contributed by atoms with van der Waals surface area (Å²) in [4.78, 5) is 12.4. The Kier molecular flexibility index (Phi) is 47.5. The average molecular weight is 838 g/mol. The van der Waals surface area contributed by atoms with Gasteiger partial charge in [-0.25, -0.2) is 0 Å². The number of nitrogens with one attached hydrogen (secondary N) is 1. The summed E-state index contributed by atoms with van der Waals surface area (Å²) in [5.41, 5.74) is 0. The van der Waals surface area contributed by atoms with Crippen molar-refractivity contribution in [2.45, 2.75) is 199 Å². The molecule has 0 radical (unpaired) electrons. The Morgan fingerprint density at radius 3 is 1.15 bits per heavy atom. The van der Waals surface area contributed by atoms with Crippen molar-refractivity contribution in [3.63, 3.8) is 0 Å². The summed E-state index contributed by atoms with van der Waals surface area (Å²) < 4.78 is 0. The van der Waals surface area contributed by atoms with Gasteiger partial charge in [0.1, 0.15) is 0 Å². The normalized spacial score (nSPS) is 14.2. The SMILES string of the molecule is CC/C=C\C/C=C\C/C=C\C/C=C\C/C=C\C/C=C\C/C=C\C/C=C\C/C=C\C/C=C\CCCCCCCCCCC(=O)NC(CO)C(O)/C=C/CC/C=C/CCCCCC. The van der Waals surface area contributed by atoms with E-state index in [4.69, 9.17) is 0 Å².